The van der Waals surface area contributed by atoms with Crippen LogP contribution in [0.1, 0.15) is 29.7 Å². The van der Waals surface area contributed by atoms with Gasteiger partial charge in [0.2, 0.25) is 0 Å². The van der Waals surface area contributed by atoms with Crippen molar-refractivity contribution in [1.29, 1.82) is 0 Å². The highest BCUT2D eigenvalue weighted by Crippen LogP contribution is 2.20. The van der Waals surface area contributed by atoms with Crippen LogP contribution in [0.5, 0.6) is 0 Å². The number of aromatic amines is 1. The molecular formula is C15H16N2OS. The maximum atomic E-state index is 12.2. The predicted octanol–water partition coefficient (Wildman–Crippen LogP) is 2.83. The van der Waals surface area contributed by atoms with E-state index in [-0.39, 0.29) is 5.69 Å². The van der Waals surface area contributed by atoms with Crippen LogP contribution in [-0.2, 0) is 19.4 Å². The maximum absolute atomic E-state index is 12.2. The summed E-state index contributed by atoms with van der Waals surface area (Å²) in [6.07, 6.45) is 4.24. The molecule has 98 valence electrons. The van der Waals surface area contributed by atoms with E-state index in [1.165, 1.54) is 0 Å². The van der Waals surface area contributed by atoms with Crippen LogP contribution in [0, 0.1) is 4.64 Å². The molecule has 0 aliphatic heterocycles. The number of hydrogen-bond acceptors (Lipinski definition) is 2. The second kappa shape index (κ2) is 5.13. The van der Waals surface area contributed by atoms with E-state index in [0.29, 0.717) is 11.2 Å². The monoisotopic (exact) mass is 272 g/mol. The number of rotatable bonds is 2. The number of nitrogens with zero attached hydrogens (tertiary/aromatic N) is 1. The summed E-state index contributed by atoms with van der Waals surface area (Å²) >= 11 is 5.28. The molecule has 19 heavy (non-hydrogen) atoms. The summed E-state index contributed by atoms with van der Waals surface area (Å²) < 4.78 is 2.48. The third-order valence-electron chi connectivity index (χ3n) is 3.69. The van der Waals surface area contributed by atoms with E-state index in [1.807, 2.05) is 34.9 Å². The molecular weight excluding hydrogens is 256 g/mol. The first-order valence-corrected chi connectivity index (χ1v) is 7.05. The van der Waals surface area contributed by atoms with Gasteiger partial charge in [-0.3, -0.25) is 9.55 Å². The number of benzene rings is 1. The molecule has 1 N–H and O–H groups in total. The fraction of sp³-hybridized carbons (Fsp3) is 0.333. The zero-order valence-electron chi connectivity index (χ0n) is 10.7. The first-order valence-electron chi connectivity index (χ1n) is 6.64. The van der Waals surface area contributed by atoms with Crippen LogP contribution in [-0.4, -0.2) is 9.55 Å². The van der Waals surface area contributed by atoms with Crippen molar-refractivity contribution in [3.63, 3.8) is 0 Å². The highest BCUT2D eigenvalue weighted by molar-refractivity contribution is 7.71. The van der Waals surface area contributed by atoms with Crippen molar-refractivity contribution in [2.45, 2.75) is 32.2 Å². The van der Waals surface area contributed by atoms with E-state index < -0.39 is 0 Å². The Labute approximate surface area is 116 Å². The molecule has 0 amide bonds. The van der Waals surface area contributed by atoms with Gasteiger partial charge in [-0.25, -0.2) is 4.79 Å². The van der Waals surface area contributed by atoms with Gasteiger partial charge in [-0.05, 0) is 31.2 Å². The van der Waals surface area contributed by atoms with Crippen molar-refractivity contribution in [1.82, 2.24) is 9.55 Å². The van der Waals surface area contributed by atoms with Crippen LogP contribution in [0.4, 0.5) is 0 Å². The minimum Gasteiger partial charge on any atom is -0.298 e. The van der Waals surface area contributed by atoms with Crippen molar-refractivity contribution >= 4 is 12.2 Å². The Bertz CT molecular complexity index is 700. The van der Waals surface area contributed by atoms with Crippen molar-refractivity contribution in [3.8, 4) is 0 Å². The summed E-state index contributed by atoms with van der Waals surface area (Å²) in [7, 11) is 0. The smallest absolute Gasteiger partial charge is 0.298 e. The van der Waals surface area contributed by atoms with Crippen molar-refractivity contribution in [2.24, 2.45) is 0 Å². The first-order chi connectivity index (χ1) is 9.25. The van der Waals surface area contributed by atoms with Crippen molar-refractivity contribution in [3.05, 3.63) is 62.3 Å². The lowest BCUT2D eigenvalue weighted by molar-refractivity contribution is 0.584. The quantitative estimate of drug-likeness (QED) is 0.854. The number of aromatic nitrogens is 2. The molecule has 0 radical (unpaired) electrons. The van der Waals surface area contributed by atoms with Crippen LogP contribution in [0.25, 0.3) is 0 Å². The van der Waals surface area contributed by atoms with Gasteiger partial charge in [0.05, 0.1) is 6.54 Å². The lowest BCUT2D eigenvalue weighted by Gasteiger charge is -2.20. The minimum atomic E-state index is -0.0884. The normalized spacial score (nSPS) is 14.1. The molecule has 1 aliphatic rings. The van der Waals surface area contributed by atoms with E-state index in [0.717, 1.165) is 42.5 Å². The summed E-state index contributed by atoms with van der Waals surface area (Å²) in [5.74, 6) is 0. The van der Waals surface area contributed by atoms with E-state index in [1.54, 1.807) is 0 Å². The highest BCUT2D eigenvalue weighted by atomic mass is 32.1. The molecule has 1 aromatic carbocycles. The van der Waals surface area contributed by atoms with Gasteiger partial charge in [0.1, 0.15) is 4.64 Å². The Morgan fingerprint density at radius 3 is 2.68 bits per heavy atom. The van der Waals surface area contributed by atoms with Crippen molar-refractivity contribution in [2.75, 3.05) is 0 Å². The fourth-order valence-corrected chi connectivity index (χ4v) is 3.03. The summed E-state index contributed by atoms with van der Waals surface area (Å²) in [5.41, 5.74) is 3.35. The van der Waals surface area contributed by atoms with Crippen LogP contribution in [0.2, 0.25) is 0 Å². The molecule has 0 saturated heterocycles. The van der Waals surface area contributed by atoms with Gasteiger partial charge in [-0.1, -0.05) is 42.5 Å². The summed E-state index contributed by atoms with van der Waals surface area (Å²) in [4.78, 5) is 15.0. The van der Waals surface area contributed by atoms with E-state index in [9.17, 15) is 4.79 Å². The summed E-state index contributed by atoms with van der Waals surface area (Å²) in [6.45, 7) is 0.619. The molecule has 2 aromatic rings. The molecule has 0 spiro atoms. The first kappa shape index (κ1) is 12.4. The molecule has 0 bridgehead atoms. The Hall–Kier alpha value is -1.68. The number of H-pyrrole nitrogens is 1. The summed E-state index contributed by atoms with van der Waals surface area (Å²) in [6, 6.07) is 10.1. The van der Waals surface area contributed by atoms with Gasteiger partial charge in [-0.15, -0.1) is 0 Å². The Morgan fingerprint density at radius 1 is 1.16 bits per heavy atom. The molecule has 1 heterocycles. The molecule has 0 atom stereocenters. The van der Waals surface area contributed by atoms with Crippen LogP contribution in [0.15, 0.2) is 35.1 Å². The van der Waals surface area contributed by atoms with Gasteiger partial charge in [-0.2, -0.15) is 0 Å². The fourth-order valence-electron chi connectivity index (χ4n) is 2.73. The number of fused-ring (bicyclic) bond motifs is 1. The topological polar surface area (TPSA) is 37.8 Å². The molecule has 1 aliphatic carbocycles. The van der Waals surface area contributed by atoms with Crippen molar-refractivity contribution < 1.29 is 0 Å². The molecule has 4 heteroatoms. The Morgan fingerprint density at radius 2 is 1.89 bits per heavy atom. The Kier molecular flexibility index (Phi) is 3.34. The third kappa shape index (κ3) is 2.40. The highest BCUT2D eigenvalue weighted by Gasteiger charge is 2.16. The van der Waals surface area contributed by atoms with E-state index in [2.05, 4.69) is 4.98 Å². The van der Waals surface area contributed by atoms with E-state index in [4.69, 9.17) is 12.2 Å². The lowest BCUT2D eigenvalue weighted by Crippen LogP contribution is -2.30. The van der Waals surface area contributed by atoms with Gasteiger partial charge < -0.3 is 0 Å². The second-order valence-electron chi connectivity index (χ2n) is 4.96. The molecule has 1 aromatic heterocycles. The largest absolute Gasteiger partial charge is 0.327 e. The zero-order chi connectivity index (χ0) is 13.2. The third-order valence-corrected chi connectivity index (χ3v) is 4.04. The van der Waals surface area contributed by atoms with Gasteiger partial charge in [0.25, 0.3) is 0 Å². The average molecular weight is 272 g/mol. The van der Waals surface area contributed by atoms with Gasteiger partial charge in [0.15, 0.2) is 0 Å². The minimum absolute atomic E-state index is 0.0884. The molecule has 3 nitrogen and oxygen atoms in total. The molecule has 0 saturated carbocycles. The molecule has 3 rings (SSSR count). The zero-order valence-corrected chi connectivity index (χ0v) is 11.5. The van der Waals surface area contributed by atoms with E-state index >= 15 is 0 Å². The van der Waals surface area contributed by atoms with Gasteiger partial charge >= 0.3 is 5.69 Å². The van der Waals surface area contributed by atoms with Gasteiger partial charge in [0, 0.05) is 11.3 Å². The maximum Gasteiger partial charge on any atom is 0.327 e. The van der Waals surface area contributed by atoms with Crippen LogP contribution >= 0.6 is 12.2 Å². The number of nitrogens with one attached hydrogen (secondary N) is 1. The summed E-state index contributed by atoms with van der Waals surface area (Å²) in [5, 5.41) is 0. The number of hydrogen-bond donors (Lipinski definition) is 1. The van der Waals surface area contributed by atoms with Crippen LogP contribution < -0.4 is 5.69 Å². The lowest BCUT2D eigenvalue weighted by atomic mass is 9.97. The Balaban J connectivity index is 2.11. The predicted molar refractivity (Wildman–Crippen MR) is 78.1 cm³/mol. The molecule has 0 unspecified atom stereocenters. The second-order valence-corrected chi connectivity index (χ2v) is 5.37. The average Bonchev–Trinajstić information content (AvgIpc) is 2.45. The molecule has 0 fully saturated rings. The standard InChI is InChI=1S/C15H16N2OS/c18-15-16-14(19)12-8-4-5-9-13(12)17(15)10-11-6-2-1-3-7-11/h1-3,6-7H,4-5,8-10H2,(H,16,18,19). The van der Waals surface area contributed by atoms with Crippen LogP contribution in [0.3, 0.4) is 0 Å². The SMILES string of the molecule is O=c1[nH]c(=S)c2c(n1Cc1ccccc1)CCCC2.